The zero-order valence-corrected chi connectivity index (χ0v) is 8.67. The Bertz CT molecular complexity index is 540. The lowest BCUT2D eigenvalue weighted by Gasteiger charge is -2.04. The zero-order chi connectivity index (χ0) is 12.3. The molecule has 2 aromatic rings. The van der Waals surface area contributed by atoms with Crippen molar-refractivity contribution in [3.8, 4) is 11.5 Å². The van der Waals surface area contributed by atoms with E-state index in [1.165, 1.54) is 42.5 Å². The van der Waals surface area contributed by atoms with Crippen molar-refractivity contribution in [3.05, 3.63) is 64.5 Å². The van der Waals surface area contributed by atoms with Gasteiger partial charge in [0.25, 0.3) is 5.69 Å². The molecular formula is C12H8FNO3. The molecule has 5 heteroatoms. The molecule has 0 bridgehead atoms. The third-order valence-electron chi connectivity index (χ3n) is 2.08. The van der Waals surface area contributed by atoms with Crippen LogP contribution in [0.5, 0.6) is 11.5 Å². The largest absolute Gasteiger partial charge is 0.457 e. The molecule has 0 aliphatic rings. The van der Waals surface area contributed by atoms with Crippen molar-refractivity contribution in [3.63, 3.8) is 0 Å². The first kappa shape index (κ1) is 11.1. The van der Waals surface area contributed by atoms with Crippen LogP contribution in [0.4, 0.5) is 10.1 Å². The molecule has 0 spiro atoms. The molecule has 0 atom stereocenters. The Morgan fingerprint density at radius 1 is 1.06 bits per heavy atom. The lowest BCUT2D eigenvalue weighted by molar-refractivity contribution is -0.384. The van der Waals surface area contributed by atoms with Crippen molar-refractivity contribution in [2.45, 2.75) is 0 Å². The molecular weight excluding hydrogens is 225 g/mol. The van der Waals surface area contributed by atoms with E-state index in [4.69, 9.17) is 4.74 Å². The first-order chi connectivity index (χ1) is 8.15. The number of nitro groups is 1. The van der Waals surface area contributed by atoms with Gasteiger partial charge in [-0.3, -0.25) is 10.1 Å². The predicted molar refractivity (Wildman–Crippen MR) is 59.6 cm³/mol. The summed E-state index contributed by atoms with van der Waals surface area (Å²) in [5, 5.41) is 10.6. The van der Waals surface area contributed by atoms with Gasteiger partial charge < -0.3 is 4.74 Å². The highest BCUT2D eigenvalue weighted by Crippen LogP contribution is 2.24. The Labute approximate surface area is 96.4 Å². The first-order valence-corrected chi connectivity index (χ1v) is 4.83. The summed E-state index contributed by atoms with van der Waals surface area (Å²) in [6, 6.07) is 11.2. The quantitative estimate of drug-likeness (QED) is 0.602. The third kappa shape index (κ3) is 2.78. The molecule has 0 fully saturated rings. The van der Waals surface area contributed by atoms with Gasteiger partial charge in [0.15, 0.2) is 0 Å². The summed E-state index contributed by atoms with van der Waals surface area (Å²) in [5.41, 5.74) is -0.0513. The third-order valence-corrected chi connectivity index (χ3v) is 2.08. The minimum Gasteiger partial charge on any atom is -0.457 e. The average molecular weight is 233 g/mol. The van der Waals surface area contributed by atoms with Crippen molar-refractivity contribution in [2.75, 3.05) is 0 Å². The minimum absolute atomic E-state index is 0.0513. The maximum Gasteiger partial charge on any atom is 0.273 e. The number of halogens is 1. The monoisotopic (exact) mass is 233 g/mol. The van der Waals surface area contributed by atoms with Crippen LogP contribution in [0.1, 0.15) is 0 Å². The Kier molecular flexibility index (Phi) is 3.00. The molecule has 0 aliphatic heterocycles. The van der Waals surface area contributed by atoms with Crippen LogP contribution in [0.2, 0.25) is 0 Å². The number of nitrogens with zero attached hydrogens (tertiary/aromatic N) is 1. The highest BCUT2D eigenvalue weighted by molar-refractivity contribution is 5.40. The molecule has 17 heavy (non-hydrogen) atoms. The van der Waals surface area contributed by atoms with E-state index >= 15 is 0 Å². The Balaban J connectivity index is 2.21. The van der Waals surface area contributed by atoms with Gasteiger partial charge in [-0.2, -0.15) is 0 Å². The highest BCUT2D eigenvalue weighted by atomic mass is 19.1. The van der Waals surface area contributed by atoms with Crippen LogP contribution in [0.25, 0.3) is 0 Å². The lowest BCUT2D eigenvalue weighted by Crippen LogP contribution is -1.89. The second-order valence-corrected chi connectivity index (χ2v) is 3.31. The van der Waals surface area contributed by atoms with E-state index in [9.17, 15) is 14.5 Å². The molecule has 2 rings (SSSR count). The van der Waals surface area contributed by atoms with Crippen molar-refractivity contribution >= 4 is 5.69 Å². The van der Waals surface area contributed by atoms with Gasteiger partial charge in [0, 0.05) is 6.07 Å². The highest BCUT2D eigenvalue weighted by Gasteiger charge is 2.06. The van der Waals surface area contributed by atoms with Crippen molar-refractivity contribution in [2.24, 2.45) is 0 Å². The summed E-state index contributed by atoms with van der Waals surface area (Å²) in [6.07, 6.45) is 0. The van der Waals surface area contributed by atoms with E-state index < -0.39 is 4.92 Å². The topological polar surface area (TPSA) is 52.4 Å². The van der Waals surface area contributed by atoms with Crippen LogP contribution >= 0.6 is 0 Å². The summed E-state index contributed by atoms with van der Waals surface area (Å²) in [7, 11) is 0. The van der Waals surface area contributed by atoms with E-state index in [-0.39, 0.29) is 11.5 Å². The fraction of sp³-hybridized carbons (Fsp3) is 0. The van der Waals surface area contributed by atoms with Gasteiger partial charge in [-0.15, -0.1) is 0 Å². The van der Waals surface area contributed by atoms with Crippen molar-refractivity contribution in [1.82, 2.24) is 0 Å². The van der Waals surface area contributed by atoms with Crippen molar-refractivity contribution < 1.29 is 14.1 Å². The van der Waals surface area contributed by atoms with E-state index in [1.807, 2.05) is 0 Å². The molecule has 0 saturated carbocycles. The Hall–Kier alpha value is -2.43. The van der Waals surface area contributed by atoms with Gasteiger partial charge in [-0.05, 0) is 30.3 Å². The normalized spacial score (nSPS) is 9.94. The maximum absolute atomic E-state index is 12.7. The number of ether oxygens (including phenoxy) is 1. The lowest BCUT2D eigenvalue weighted by atomic mass is 10.3. The maximum atomic E-state index is 12.7. The summed E-state index contributed by atoms with van der Waals surface area (Å²) in [5.74, 6) is 0.397. The molecule has 0 aromatic heterocycles. The summed E-state index contributed by atoms with van der Waals surface area (Å²) in [4.78, 5) is 10.0. The average Bonchev–Trinajstić information content (AvgIpc) is 2.32. The summed E-state index contributed by atoms with van der Waals surface area (Å²) < 4.78 is 18.0. The SMILES string of the molecule is O=[N+]([O-])c1cccc(Oc2ccc(F)cc2)c1. The minimum atomic E-state index is -0.502. The number of rotatable bonds is 3. The first-order valence-electron chi connectivity index (χ1n) is 4.83. The van der Waals surface area contributed by atoms with E-state index in [0.29, 0.717) is 11.5 Å². The number of nitro benzene ring substituents is 1. The molecule has 0 N–H and O–H groups in total. The molecule has 4 nitrogen and oxygen atoms in total. The second-order valence-electron chi connectivity index (χ2n) is 3.31. The molecule has 0 saturated heterocycles. The van der Waals surface area contributed by atoms with Crippen LogP contribution in [-0.4, -0.2) is 4.92 Å². The Morgan fingerprint density at radius 3 is 2.41 bits per heavy atom. The van der Waals surface area contributed by atoms with E-state index in [1.54, 1.807) is 6.07 Å². The molecule has 0 heterocycles. The van der Waals surface area contributed by atoms with Gasteiger partial charge >= 0.3 is 0 Å². The summed E-state index contributed by atoms with van der Waals surface area (Å²) in [6.45, 7) is 0. The fourth-order valence-electron chi connectivity index (χ4n) is 1.30. The van der Waals surface area contributed by atoms with Gasteiger partial charge in [0.05, 0.1) is 11.0 Å². The van der Waals surface area contributed by atoms with E-state index in [0.717, 1.165) is 0 Å². The van der Waals surface area contributed by atoms with Gasteiger partial charge in [0.2, 0.25) is 0 Å². The number of hydrogen-bond acceptors (Lipinski definition) is 3. The predicted octanol–water partition coefficient (Wildman–Crippen LogP) is 3.53. The molecule has 2 aromatic carbocycles. The molecule has 86 valence electrons. The molecule has 0 radical (unpaired) electrons. The van der Waals surface area contributed by atoms with Crippen molar-refractivity contribution in [1.29, 1.82) is 0 Å². The van der Waals surface area contributed by atoms with Crippen LogP contribution < -0.4 is 4.74 Å². The molecule has 0 aliphatic carbocycles. The van der Waals surface area contributed by atoms with Crippen LogP contribution in [0.15, 0.2) is 48.5 Å². The number of hydrogen-bond donors (Lipinski definition) is 0. The Morgan fingerprint density at radius 2 is 1.76 bits per heavy atom. The van der Waals surface area contributed by atoms with Gasteiger partial charge in [0.1, 0.15) is 17.3 Å². The van der Waals surface area contributed by atoms with Crippen LogP contribution in [0.3, 0.4) is 0 Å². The summed E-state index contributed by atoms with van der Waals surface area (Å²) >= 11 is 0. The van der Waals surface area contributed by atoms with E-state index in [2.05, 4.69) is 0 Å². The second kappa shape index (κ2) is 4.61. The smallest absolute Gasteiger partial charge is 0.273 e. The zero-order valence-electron chi connectivity index (χ0n) is 8.67. The van der Waals surface area contributed by atoms with Crippen LogP contribution in [0, 0.1) is 15.9 Å². The van der Waals surface area contributed by atoms with Gasteiger partial charge in [-0.25, -0.2) is 4.39 Å². The number of benzene rings is 2. The molecule has 0 unspecified atom stereocenters. The van der Waals surface area contributed by atoms with Gasteiger partial charge in [-0.1, -0.05) is 6.07 Å². The fourth-order valence-corrected chi connectivity index (χ4v) is 1.30. The standard InChI is InChI=1S/C12H8FNO3/c13-9-4-6-11(7-5-9)17-12-3-1-2-10(8-12)14(15)16/h1-8H. The molecule has 0 amide bonds. The van der Waals surface area contributed by atoms with Crippen LogP contribution in [-0.2, 0) is 0 Å². The number of non-ortho nitro benzene ring substituents is 1.